The Balaban J connectivity index is 0.00000420. The minimum Gasteiger partial charge on any atom is -0.352 e. The average Bonchev–Trinajstić information content (AvgIpc) is 2.70. The van der Waals surface area contributed by atoms with Crippen molar-refractivity contribution in [3.05, 3.63) is 65.0 Å². The summed E-state index contributed by atoms with van der Waals surface area (Å²) in [6.45, 7) is 6.67. The summed E-state index contributed by atoms with van der Waals surface area (Å²) in [5, 5.41) is 9.35. The molecule has 2 rings (SSSR count). The van der Waals surface area contributed by atoms with Gasteiger partial charge in [0.2, 0.25) is 5.91 Å². The van der Waals surface area contributed by atoms with Crippen LogP contribution in [-0.2, 0) is 17.9 Å². The maximum Gasteiger partial charge on any atom is 0.227 e. The minimum absolute atomic E-state index is 0. The smallest absolute Gasteiger partial charge is 0.227 e. The SMILES string of the molecule is CCC(C)C(=O)Nc1cccc(CNC(=NC)NCc2ccc(C)c(F)c2)c1.I. The fourth-order valence-electron chi connectivity index (χ4n) is 2.55. The first-order valence-electron chi connectivity index (χ1n) is 9.52. The number of nitrogens with zero attached hydrogens (tertiary/aromatic N) is 1. The third-order valence-corrected chi connectivity index (χ3v) is 4.63. The number of amides is 1. The van der Waals surface area contributed by atoms with E-state index in [1.165, 1.54) is 6.07 Å². The summed E-state index contributed by atoms with van der Waals surface area (Å²) in [5.41, 5.74) is 3.28. The maximum atomic E-state index is 13.7. The number of benzene rings is 2. The highest BCUT2D eigenvalue weighted by Gasteiger charge is 2.10. The molecule has 0 aliphatic heterocycles. The van der Waals surface area contributed by atoms with E-state index in [1.807, 2.05) is 44.2 Å². The summed E-state index contributed by atoms with van der Waals surface area (Å²) in [7, 11) is 1.69. The van der Waals surface area contributed by atoms with Gasteiger partial charge in [-0.05, 0) is 48.2 Å². The molecule has 0 fully saturated rings. The number of carbonyl (C=O) groups is 1. The Bertz CT molecular complexity index is 841. The molecule has 0 heterocycles. The van der Waals surface area contributed by atoms with Crippen molar-refractivity contribution in [2.45, 2.75) is 40.3 Å². The Labute approximate surface area is 189 Å². The molecule has 5 nitrogen and oxygen atoms in total. The molecule has 1 amide bonds. The van der Waals surface area contributed by atoms with E-state index in [0.29, 0.717) is 24.6 Å². The van der Waals surface area contributed by atoms with E-state index in [-0.39, 0.29) is 41.6 Å². The Hall–Kier alpha value is -2.16. The Morgan fingerprint density at radius 2 is 1.76 bits per heavy atom. The standard InChI is InChI=1S/C22H29FN4O.HI/c1-5-15(2)21(28)27-19-8-6-7-17(11-19)13-25-22(24-4)26-14-18-10-9-16(3)20(23)12-18;/h6-12,15H,5,13-14H2,1-4H3,(H,27,28)(H2,24,25,26);1H. The van der Waals surface area contributed by atoms with Gasteiger partial charge in [-0.15, -0.1) is 24.0 Å². The summed E-state index contributed by atoms with van der Waals surface area (Å²) in [4.78, 5) is 16.2. The maximum absolute atomic E-state index is 13.7. The van der Waals surface area contributed by atoms with E-state index in [4.69, 9.17) is 0 Å². The first-order chi connectivity index (χ1) is 13.4. The zero-order chi connectivity index (χ0) is 20.5. The molecule has 0 aliphatic carbocycles. The van der Waals surface area contributed by atoms with Gasteiger partial charge in [0.25, 0.3) is 0 Å². The second-order valence-corrected chi connectivity index (χ2v) is 6.86. The van der Waals surface area contributed by atoms with Crippen LogP contribution in [0.3, 0.4) is 0 Å². The van der Waals surface area contributed by atoms with Crippen LogP contribution in [0, 0.1) is 18.7 Å². The van der Waals surface area contributed by atoms with Crippen molar-refractivity contribution in [1.82, 2.24) is 10.6 Å². The number of halogens is 2. The van der Waals surface area contributed by atoms with Crippen molar-refractivity contribution in [2.75, 3.05) is 12.4 Å². The van der Waals surface area contributed by atoms with Crippen LogP contribution in [0.2, 0.25) is 0 Å². The van der Waals surface area contributed by atoms with Gasteiger partial charge in [0.05, 0.1) is 0 Å². The second-order valence-electron chi connectivity index (χ2n) is 6.86. The van der Waals surface area contributed by atoms with Crippen LogP contribution in [0.5, 0.6) is 0 Å². The lowest BCUT2D eigenvalue weighted by Crippen LogP contribution is -2.36. The molecule has 2 aromatic rings. The van der Waals surface area contributed by atoms with Gasteiger partial charge in [0, 0.05) is 31.7 Å². The van der Waals surface area contributed by atoms with E-state index < -0.39 is 0 Å². The van der Waals surface area contributed by atoms with Crippen LogP contribution in [0.4, 0.5) is 10.1 Å². The topological polar surface area (TPSA) is 65.5 Å². The molecule has 1 atom stereocenters. The van der Waals surface area contributed by atoms with Gasteiger partial charge < -0.3 is 16.0 Å². The summed E-state index contributed by atoms with van der Waals surface area (Å²) in [6, 6.07) is 12.9. The Morgan fingerprint density at radius 1 is 1.10 bits per heavy atom. The van der Waals surface area contributed by atoms with Gasteiger partial charge in [-0.1, -0.05) is 38.1 Å². The highest BCUT2D eigenvalue weighted by Crippen LogP contribution is 2.13. The first-order valence-corrected chi connectivity index (χ1v) is 9.52. The molecule has 0 aliphatic rings. The van der Waals surface area contributed by atoms with Crippen LogP contribution in [0.15, 0.2) is 47.5 Å². The lowest BCUT2D eigenvalue weighted by atomic mass is 10.1. The van der Waals surface area contributed by atoms with Gasteiger partial charge in [0.1, 0.15) is 5.82 Å². The molecule has 0 aromatic heterocycles. The molecule has 0 saturated heterocycles. The van der Waals surface area contributed by atoms with Crippen LogP contribution < -0.4 is 16.0 Å². The van der Waals surface area contributed by atoms with Crippen molar-refractivity contribution in [3.8, 4) is 0 Å². The van der Waals surface area contributed by atoms with Crippen molar-refractivity contribution in [1.29, 1.82) is 0 Å². The Kier molecular flexibility index (Phi) is 10.6. The molecule has 1 unspecified atom stereocenters. The third kappa shape index (κ3) is 8.00. The van der Waals surface area contributed by atoms with E-state index >= 15 is 0 Å². The van der Waals surface area contributed by atoms with Crippen molar-refractivity contribution >= 4 is 41.5 Å². The molecule has 29 heavy (non-hydrogen) atoms. The van der Waals surface area contributed by atoms with Crippen molar-refractivity contribution in [3.63, 3.8) is 0 Å². The molecule has 3 N–H and O–H groups in total. The highest BCUT2D eigenvalue weighted by atomic mass is 127. The molecule has 0 radical (unpaired) electrons. The van der Waals surface area contributed by atoms with Crippen molar-refractivity contribution < 1.29 is 9.18 Å². The highest BCUT2D eigenvalue weighted by molar-refractivity contribution is 14.0. The van der Waals surface area contributed by atoms with Gasteiger partial charge in [-0.3, -0.25) is 9.79 Å². The summed E-state index contributed by atoms with van der Waals surface area (Å²) < 4.78 is 13.7. The number of aryl methyl sites for hydroxylation is 1. The van der Waals surface area contributed by atoms with E-state index in [0.717, 1.165) is 23.2 Å². The Morgan fingerprint density at radius 3 is 2.34 bits per heavy atom. The number of carbonyl (C=O) groups excluding carboxylic acids is 1. The number of rotatable bonds is 7. The summed E-state index contributed by atoms with van der Waals surface area (Å²) in [5.74, 6) is 0.417. The largest absolute Gasteiger partial charge is 0.352 e. The second kappa shape index (κ2) is 12.4. The number of guanidine groups is 1. The lowest BCUT2D eigenvalue weighted by Gasteiger charge is -2.14. The van der Waals surface area contributed by atoms with Gasteiger partial charge in [-0.2, -0.15) is 0 Å². The summed E-state index contributed by atoms with van der Waals surface area (Å²) >= 11 is 0. The van der Waals surface area contributed by atoms with Gasteiger partial charge in [0.15, 0.2) is 5.96 Å². The molecule has 7 heteroatoms. The zero-order valence-corrected chi connectivity index (χ0v) is 19.7. The first kappa shape index (κ1) is 24.9. The monoisotopic (exact) mass is 512 g/mol. The van der Waals surface area contributed by atoms with Gasteiger partial charge in [-0.25, -0.2) is 4.39 Å². The molecule has 0 saturated carbocycles. The van der Waals surface area contributed by atoms with Crippen LogP contribution >= 0.6 is 24.0 Å². The average molecular weight is 512 g/mol. The lowest BCUT2D eigenvalue weighted by molar-refractivity contribution is -0.119. The fraction of sp³-hybridized carbons (Fsp3) is 0.364. The zero-order valence-electron chi connectivity index (χ0n) is 17.4. The van der Waals surface area contributed by atoms with Gasteiger partial charge >= 0.3 is 0 Å². The fourth-order valence-corrected chi connectivity index (χ4v) is 2.55. The van der Waals surface area contributed by atoms with E-state index in [9.17, 15) is 9.18 Å². The van der Waals surface area contributed by atoms with Crippen molar-refractivity contribution in [2.24, 2.45) is 10.9 Å². The molecule has 158 valence electrons. The van der Waals surface area contributed by atoms with Crippen LogP contribution in [0.25, 0.3) is 0 Å². The number of anilines is 1. The van der Waals surface area contributed by atoms with E-state index in [2.05, 4.69) is 20.9 Å². The minimum atomic E-state index is -0.210. The number of nitrogens with one attached hydrogen (secondary N) is 3. The van der Waals surface area contributed by atoms with E-state index in [1.54, 1.807) is 20.0 Å². The number of hydrogen-bond acceptors (Lipinski definition) is 2. The number of hydrogen-bond donors (Lipinski definition) is 3. The van der Waals surface area contributed by atoms with Crippen LogP contribution in [-0.4, -0.2) is 18.9 Å². The number of aliphatic imine (C=N–C) groups is 1. The quantitative estimate of drug-likeness (QED) is 0.289. The third-order valence-electron chi connectivity index (χ3n) is 4.63. The molecule has 0 spiro atoms. The van der Waals surface area contributed by atoms with Crippen LogP contribution in [0.1, 0.15) is 37.0 Å². The predicted octanol–water partition coefficient (Wildman–Crippen LogP) is 4.60. The molecular formula is C22H30FIN4O. The molecular weight excluding hydrogens is 482 g/mol. The summed E-state index contributed by atoms with van der Waals surface area (Å²) in [6.07, 6.45) is 0.806. The molecule has 2 aromatic carbocycles. The normalized spacial score (nSPS) is 12.0. The molecule has 0 bridgehead atoms. The predicted molar refractivity (Wildman–Crippen MR) is 128 cm³/mol.